The summed E-state index contributed by atoms with van der Waals surface area (Å²) in [5.74, 6) is -0.537. The van der Waals surface area contributed by atoms with Crippen molar-refractivity contribution >= 4 is 28.7 Å². The van der Waals surface area contributed by atoms with E-state index in [2.05, 4.69) is 10.2 Å². The van der Waals surface area contributed by atoms with E-state index >= 15 is 0 Å². The van der Waals surface area contributed by atoms with Crippen molar-refractivity contribution in [2.75, 3.05) is 0 Å². The van der Waals surface area contributed by atoms with Crippen LogP contribution in [0.3, 0.4) is 0 Å². The highest BCUT2D eigenvalue weighted by atomic mass is 35.5. The number of oxazole rings is 1. The third kappa shape index (κ3) is 3.81. The van der Waals surface area contributed by atoms with Crippen LogP contribution in [0.1, 0.15) is 12.3 Å². The zero-order valence-electron chi connectivity index (χ0n) is 14.5. The maximum atomic E-state index is 12.0. The summed E-state index contributed by atoms with van der Waals surface area (Å²) in [5.41, 5.74) is 1.81. The molecule has 0 aliphatic carbocycles. The lowest BCUT2D eigenvalue weighted by Gasteiger charge is -2.03. The van der Waals surface area contributed by atoms with Crippen molar-refractivity contribution in [3.63, 3.8) is 0 Å². The van der Waals surface area contributed by atoms with Crippen LogP contribution in [-0.2, 0) is 22.7 Å². The van der Waals surface area contributed by atoms with Gasteiger partial charge in [-0.1, -0.05) is 23.7 Å². The minimum Gasteiger partial charge on any atom is -0.456 e. The van der Waals surface area contributed by atoms with Gasteiger partial charge in [0.15, 0.2) is 12.2 Å². The molecule has 2 aromatic heterocycles. The molecule has 8 nitrogen and oxygen atoms in total. The van der Waals surface area contributed by atoms with Crippen molar-refractivity contribution in [1.82, 2.24) is 14.8 Å². The molecule has 0 N–H and O–H groups in total. The number of esters is 1. The first-order valence-corrected chi connectivity index (χ1v) is 8.80. The normalized spacial score (nSPS) is 11.0. The van der Waals surface area contributed by atoms with Crippen LogP contribution in [0.15, 0.2) is 62.2 Å². The van der Waals surface area contributed by atoms with Crippen molar-refractivity contribution < 1.29 is 18.4 Å². The van der Waals surface area contributed by atoms with Crippen LogP contribution in [0.2, 0.25) is 5.02 Å². The number of para-hydroxylation sites is 2. The van der Waals surface area contributed by atoms with Gasteiger partial charge in [0.25, 0.3) is 5.89 Å². The Kier molecular flexibility index (Phi) is 4.94. The highest BCUT2D eigenvalue weighted by Gasteiger charge is 2.13. The Bertz CT molecular complexity index is 1180. The van der Waals surface area contributed by atoms with Gasteiger partial charge in [-0.25, -0.2) is 4.79 Å². The number of fused-ring (bicyclic) bond motifs is 1. The van der Waals surface area contributed by atoms with Crippen LogP contribution in [0.4, 0.5) is 0 Å². The topological polar surface area (TPSA) is 100 Å². The molecule has 4 rings (SSSR count). The largest absolute Gasteiger partial charge is 0.456 e. The molecule has 0 saturated heterocycles. The molecule has 0 amide bonds. The third-order valence-electron chi connectivity index (χ3n) is 4.03. The molecule has 0 aliphatic heterocycles. The van der Waals surface area contributed by atoms with Gasteiger partial charge in [0.2, 0.25) is 5.89 Å². The van der Waals surface area contributed by atoms with Gasteiger partial charge in [-0.05, 0) is 36.4 Å². The van der Waals surface area contributed by atoms with E-state index in [0.717, 1.165) is 0 Å². The molecule has 2 heterocycles. The highest BCUT2D eigenvalue weighted by Crippen LogP contribution is 2.20. The van der Waals surface area contributed by atoms with Gasteiger partial charge < -0.3 is 13.6 Å². The molecule has 0 atom stereocenters. The number of carbonyl (C=O) groups is 1. The third-order valence-corrected chi connectivity index (χ3v) is 4.28. The fourth-order valence-corrected chi connectivity index (χ4v) is 2.79. The average molecular weight is 400 g/mol. The minimum absolute atomic E-state index is 0.00160. The quantitative estimate of drug-likeness (QED) is 0.458. The Hall–Kier alpha value is -3.39. The van der Waals surface area contributed by atoms with E-state index in [0.29, 0.717) is 27.6 Å². The van der Waals surface area contributed by atoms with Gasteiger partial charge >= 0.3 is 11.7 Å². The summed E-state index contributed by atoms with van der Waals surface area (Å²) in [6.45, 7) is -0.00497. The van der Waals surface area contributed by atoms with E-state index in [1.165, 1.54) is 4.57 Å². The molecule has 9 heteroatoms. The Balaban J connectivity index is 1.34. The number of hydrogen-bond acceptors (Lipinski definition) is 7. The highest BCUT2D eigenvalue weighted by molar-refractivity contribution is 6.30. The lowest BCUT2D eigenvalue weighted by molar-refractivity contribution is -0.145. The van der Waals surface area contributed by atoms with E-state index in [-0.39, 0.29) is 25.5 Å². The van der Waals surface area contributed by atoms with Crippen molar-refractivity contribution in [1.29, 1.82) is 0 Å². The summed E-state index contributed by atoms with van der Waals surface area (Å²) >= 11 is 5.85. The molecule has 0 unspecified atom stereocenters. The van der Waals surface area contributed by atoms with E-state index in [1.54, 1.807) is 48.5 Å². The molecular formula is C19H14ClN3O5. The van der Waals surface area contributed by atoms with Crippen LogP contribution < -0.4 is 5.76 Å². The van der Waals surface area contributed by atoms with E-state index in [4.69, 9.17) is 25.2 Å². The zero-order chi connectivity index (χ0) is 19.5. The lowest BCUT2D eigenvalue weighted by atomic mass is 10.2. The summed E-state index contributed by atoms with van der Waals surface area (Å²) in [6, 6.07) is 13.9. The molecule has 0 aliphatic rings. The Labute approximate surface area is 163 Å². The summed E-state index contributed by atoms with van der Waals surface area (Å²) in [6.07, 6.45) is 0.00160. The number of aromatic nitrogens is 3. The standard InChI is InChI=1S/C19H14ClN3O5/c20-13-7-5-12(6-8-13)18-22-21-16(28-18)11-26-17(24)9-10-23-14-3-1-2-4-15(14)27-19(23)25/h1-8H,9-11H2. The number of nitrogens with zero attached hydrogens (tertiary/aromatic N) is 3. The van der Waals surface area contributed by atoms with Crippen LogP contribution in [0, 0.1) is 0 Å². The molecule has 28 heavy (non-hydrogen) atoms. The molecule has 4 aromatic rings. The second kappa shape index (κ2) is 7.69. The number of halogens is 1. The monoisotopic (exact) mass is 399 g/mol. The summed E-state index contributed by atoms with van der Waals surface area (Å²) in [5, 5.41) is 8.37. The number of hydrogen-bond donors (Lipinski definition) is 0. The molecule has 2 aromatic carbocycles. The SMILES string of the molecule is O=C(CCn1c(=O)oc2ccccc21)OCc1nnc(-c2ccc(Cl)cc2)o1. The number of rotatable bonds is 6. The van der Waals surface area contributed by atoms with Crippen molar-refractivity contribution in [2.24, 2.45) is 0 Å². The summed E-state index contributed by atoms with van der Waals surface area (Å²) in [4.78, 5) is 23.9. The average Bonchev–Trinajstić information content (AvgIpc) is 3.29. The van der Waals surface area contributed by atoms with Crippen LogP contribution in [0.5, 0.6) is 0 Å². The van der Waals surface area contributed by atoms with Crippen molar-refractivity contribution in [3.8, 4) is 11.5 Å². The Morgan fingerprint density at radius 1 is 1.07 bits per heavy atom. The number of ether oxygens (including phenoxy) is 1. The zero-order valence-corrected chi connectivity index (χ0v) is 15.3. The first-order valence-electron chi connectivity index (χ1n) is 8.42. The smallest absolute Gasteiger partial charge is 0.419 e. The maximum Gasteiger partial charge on any atom is 0.419 e. The Morgan fingerprint density at radius 3 is 2.68 bits per heavy atom. The second-order valence-electron chi connectivity index (χ2n) is 5.91. The van der Waals surface area contributed by atoms with Gasteiger partial charge in [0.1, 0.15) is 0 Å². The minimum atomic E-state index is -0.515. The molecule has 0 bridgehead atoms. The van der Waals surface area contributed by atoms with E-state index in [9.17, 15) is 9.59 Å². The van der Waals surface area contributed by atoms with Crippen LogP contribution in [0.25, 0.3) is 22.6 Å². The number of aryl methyl sites for hydroxylation is 1. The van der Waals surface area contributed by atoms with Gasteiger partial charge in [-0.3, -0.25) is 9.36 Å². The second-order valence-corrected chi connectivity index (χ2v) is 6.34. The van der Waals surface area contributed by atoms with Gasteiger partial charge in [0.05, 0.1) is 11.9 Å². The fourth-order valence-electron chi connectivity index (χ4n) is 2.66. The number of carbonyl (C=O) groups excluding carboxylic acids is 1. The van der Waals surface area contributed by atoms with Crippen molar-refractivity contribution in [3.05, 3.63) is 70.0 Å². The van der Waals surface area contributed by atoms with Gasteiger partial charge in [0, 0.05) is 17.1 Å². The fraction of sp³-hybridized carbons (Fsp3) is 0.158. The predicted octanol–water partition coefficient (Wildman–Crippen LogP) is 3.43. The summed E-state index contributed by atoms with van der Waals surface area (Å²) < 4.78 is 17.1. The van der Waals surface area contributed by atoms with Crippen LogP contribution >= 0.6 is 11.6 Å². The molecule has 0 radical (unpaired) electrons. The molecule has 0 spiro atoms. The molecule has 0 fully saturated rings. The van der Waals surface area contributed by atoms with E-state index < -0.39 is 11.7 Å². The van der Waals surface area contributed by atoms with Crippen molar-refractivity contribution in [2.45, 2.75) is 19.6 Å². The summed E-state index contributed by atoms with van der Waals surface area (Å²) in [7, 11) is 0. The van der Waals surface area contributed by atoms with Gasteiger partial charge in [-0.15, -0.1) is 10.2 Å². The maximum absolute atomic E-state index is 12.0. The lowest BCUT2D eigenvalue weighted by Crippen LogP contribution is -2.17. The van der Waals surface area contributed by atoms with Gasteiger partial charge in [-0.2, -0.15) is 0 Å². The Morgan fingerprint density at radius 2 is 1.86 bits per heavy atom. The molecular weight excluding hydrogens is 386 g/mol. The van der Waals surface area contributed by atoms with Crippen LogP contribution in [-0.4, -0.2) is 20.7 Å². The molecule has 142 valence electrons. The van der Waals surface area contributed by atoms with E-state index in [1.807, 2.05) is 0 Å². The first-order chi connectivity index (χ1) is 13.6. The predicted molar refractivity (Wildman–Crippen MR) is 99.6 cm³/mol. The first kappa shape index (κ1) is 18.0. The molecule has 0 saturated carbocycles. The number of benzene rings is 2.